The van der Waals surface area contributed by atoms with Gasteiger partial charge in [-0.25, -0.2) is 4.98 Å². The smallest absolute Gasteiger partial charge is 0.126 e. The zero-order valence-electron chi connectivity index (χ0n) is 13.7. The monoisotopic (exact) mass is 361 g/mol. The summed E-state index contributed by atoms with van der Waals surface area (Å²) in [4.78, 5) is 7.20. The van der Waals surface area contributed by atoms with Crippen molar-refractivity contribution in [2.24, 2.45) is 5.92 Å². The summed E-state index contributed by atoms with van der Waals surface area (Å²) in [5.74, 6) is 1.71. The molecule has 3 nitrogen and oxygen atoms in total. The minimum Gasteiger partial charge on any atom is -0.365 e. The van der Waals surface area contributed by atoms with Crippen molar-refractivity contribution in [2.45, 2.75) is 31.8 Å². The lowest BCUT2D eigenvalue weighted by atomic mass is 9.79. The number of rotatable bonds is 3. The van der Waals surface area contributed by atoms with Gasteiger partial charge in [-0.15, -0.1) is 0 Å². The van der Waals surface area contributed by atoms with Crippen LogP contribution in [0.1, 0.15) is 19.8 Å². The lowest BCUT2D eigenvalue weighted by Gasteiger charge is -2.50. The van der Waals surface area contributed by atoms with Crippen LogP contribution in [0.15, 0.2) is 36.5 Å². The number of aromatic nitrogens is 1. The van der Waals surface area contributed by atoms with E-state index in [0.29, 0.717) is 22.1 Å². The van der Waals surface area contributed by atoms with Gasteiger partial charge in [-0.1, -0.05) is 29.3 Å². The summed E-state index contributed by atoms with van der Waals surface area (Å²) in [6, 6.07) is 10.9. The Morgan fingerprint density at radius 2 is 1.79 bits per heavy atom. The fourth-order valence-corrected chi connectivity index (χ4v) is 4.34. The molecule has 1 aromatic carbocycles. The first-order valence-corrected chi connectivity index (χ1v) is 9.29. The van der Waals surface area contributed by atoms with Gasteiger partial charge in [0.1, 0.15) is 5.82 Å². The lowest BCUT2D eigenvalue weighted by Crippen LogP contribution is -2.59. The van der Waals surface area contributed by atoms with E-state index in [2.05, 4.69) is 34.3 Å². The van der Waals surface area contributed by atoms with E-state index in [1.54, 1.807) is 0 Å². The fourth-order valence-electron chi connectivity index (χ4n) is 4.04. The highest BCUT2D eigenvalue weighted by Crippen LogP contribution is 2.34. The molecule has 2 atom stereocenters. The van der Waals surface area contributed by atoms with Crippen LogP contribution < -0.4 is 5.32 Å². The average Bonchev–Trinajstić information content (AvgIpc) is 2.61. The highest BCUT2D eigenvalue weighted by molar-refractivity contribution is 6.42. The maximum atomic E-state index is 6.11. The Balaban J connectivity index is 1.50. The summed E-state index contributed by atoms with van der Waals surface area (Å²) in [6.07, 6.45) is 4.49. The summed E-state index contributed by atoms with van der Waals surface area (Å²) in [5.41, 5.74) is 2.07. The van der Waals surface area contributed by atoms with Gasteiger partial charge in [0.15, 0.2) is 0 Å². The molecular formula is C19H21Cl2N3. The predicted octanol–water partition coefficient (Wildman–Crippen LogP) is 4.95. The topological polar surface area (TPSA) is 28.2 Å². The van der Waals surface area contributed by atoms with Gasteiger partial charge < -0.3 is 5.32 Å². The van der Waals surface area contributed by atoms with Crippen molar-refractivity contribution in [3.8, 4) is 11.1 Å². The van der Waals surface area contributed by atoms with Gasteiger partial charge in [0.25, 0.3) is 0 Å². The number of hydrogen-bond donors (Lipinski definition) is 1. The molecule has 3 saturated heterocycles. The number of piperidine rings is 3. The first-order valence-electron chi connectivity index (χ1n) is 8.54. The summed E-state index contributed by atoms with van der Waals surface area (Å²) < 4.78 is 0. The molecule has 1 N–H and O–H groups in total. The van der Waals surface area contributed by atoms with Crippen LogP contribution in [0.5, 0.6) is 0 Å². The molecule has 0 aliphatic carbocycles. The van der Waals surface area contributed by atoms with Gasteiger partial charge in [-0.05, 0) is 68.6 Å². The third kappa shape index (κ3) is 3.01. The van der Waals surface area contributed by atoms with Crippen molar-refractivity contribution in [1.82, 2.24) is 9.88 Å². The highest BCUT2D eigenvalue weighted by atomic mass is 35.5. The number of benzene rings is 1. The molecule has 3 aliphatic heterocycles. The van der Waals surface area contributed by atoms with Crippen LogP contribution in [0.25, 0.3) is 11.1 Å². The maximum absolute atomic E-state index is 6.11. The van der Waals surface area contributed by atoms with Gasteiger partial charge in [0.05, 0.1) is 10.0 Å². The molecule has 3 fully saturated rings. The van der Waals surface area contributed by atoms with Crippen molar-refractivity contribution in [2.75, 3.05) is 18.4 Å². The molecule has 0 spiro atoms. The first-order chi connectivity index (χ1) is 11.6. The minimum absolute atomic E-state index is 0.496. The number of nitrogens with one attached hydrogen (secondary N) is 1. The van der Waals surface area contributed by atoms with Crippen molar-refractivity contribution in [1.29, 1.82) is 0 Å². The Morgan fingerprint density at radius 1 is 1.04 bits per heavy atom. The van der Waals surface area contributed by atoms with Crippen LogP contribution in [-0.2, 0) is 0 Å². The van der Waals surface area contributed by atoms with E-state index >= 15 is 0 Å². The molecular weight excluding hydrogens is 341 g/mol. The second-order valence-electron chi connectivity index (χ2n) is 6.85. The molecule has 0 unspecified atom stereocenters. The summed E-state index contributed by atoms with van der Waals surface area (Å²) in [6.45, 7) is 4.81. The van der Waals surface area contributed by atoms with Crippen LogP contribution >= 0.6 is 23.2 Å². The molecule has 0 amide bonds. The van der Waals surface area contributed by atoms with Crippen molar-refractivity contribution >= 4 is 29.0 Å². The van der Waals surface area contributed by atoms with Crippen LogP contribution in [0.2, 0.25) is 10.0 Å². The minimum atomic E-state index is 0.496. The zero-order valence-corrected chi connectivity index (χ0v) is 15.2. The second kappa shape index (κ2) is 6.55. The van der Waals surface area contributed by atoms with E-state index in [9.17, 15) is 0 Å². The average molecular weight is 362 g/mol. The summed E-state index contributed by atoms with van der Waals surface area (Å²) >= 11 is 12.1. The Morgan fingerprint density at radius 3 is 2.42 bits per heavy atom. The summed E-state index contributed by atoms with van der Waals surface area (Å²) in [5, 5.41) is 4.80. The van der Waals surface area contributed by atoms with E-state index in [1.807, 2.05) is 24.4 Å². The third-order valence-corrected chi connectivity index (χ3v) is 6.25. The van der Waals surface area contributed by atoms with E-state index in [1.165, 1.54) is 25.9 Å². The third-order valence-electron chi connectivity index (χ3n) is 5.51. The Labute approximate surface area is 153 Å². The van der Waals surface area contributed by atoms with Crippen molar-refractivity contribution in [3.63, 3.8) is 0 Å². The van der Waals surface area contributed by atoms with Crippen molar-refractivity contribution in [3.05, 3.63) is 46.6 Å². The Hall–Kier alpha value is -1.29. The number of nitrogens with zero attached hydrogens (tertiary/aromatic N) is 2. The molecule has 1 aromatic heterocycles. The molecule has 24 heavy (non-hydrogen) atoms. The van der Waals surface area contributed by atoms with E-state index in [-0.39, 0.29) is 0 Å². The van der Waals surface area contributed by atoms with Gasteiger partial charge >= 0.3 is 0 Å². The number of pyridine rings is 1. The largest absolute Gasteiger partial charge is 0.365 e. The fraction of sp³-hybridized carbons (Fsp3) is 0.421. The van der Waals surface area contributed by atoms with E-state index < -0.39 is 0 Å². The van der Waals surface area contributed by atoms with Gasteiger partial charge in [-0.2, -0.15) is 0 Å². The predicted molar refractivity (Wildman–Crippen MR) is 101 cm³/mol. The number of anilines is 1. The lowest BCUT2D eigenvalue weighted by molar-refractivity contribution is 0.0457. The normalized spacial score (nSPS) is 28.8. The number of fused-ring (bicyclic) bond motifs is 3. The highest BCUT2D eigenvalue weighted by Gasteiger charge is 2.39. The molecule has 4 heterocycles. The molecule has 126 valence electrons. The van der Waals surface area contributed by atoms with E-state index in [0.717, 1.165) is 22.9 Å². The molecule has 3 aliphatic rings. The molecule has 0 radical (unpaired) electrons. The van der Waals surface area contributed by atoms with Crippen LogP contribution in [0.4, 0.5) is 5.82 Å². The Bertz CT molecular complexity index is 722. The van der Waals surface area contributed by atoms with Crippen LogP contribution in [-0.4, -0.2) is 35.1 Å². The molecule has 2 bridgehead atoms. The van der Waals surface area contributed by atoms with Crippen LogP contribution in [0.3, 0.4) is 0 Å². The molecule has 0 saturated carbocycles. The Kier molecular flexibility index (Phi) is 4.42. The molecule has 2 aromatic rings. The van der Waals surface area contributed by atoms with E-state index in [4.69, 9.17) is 23.2 Å². The molecule has 5 rings (SSSR count). The first kappa shape index (κ1) is 16.2. The van der Waals surface area contributed by atoms with Gasteiger partial charge in [0, 0.05) is 23.8 Å². The standard InChI is InChI=1S/C19H21Cl2N3/c1-12-19(13-6-8-24(12)9-7-13)23-18-5-3-15(11-22-18)14-2-4-16(20)17(21)10-14/h2-5,10-13,19H,6-9H2,1H3,(H,22,23)/t12-,19+/m1/s1. The SMILES string of the molecule is C[C@@H]1[C@H](Nc2ccc(-c3ccc(Cl)c(Cl)c3)cn2)C2CCN1CC2. The van der Waals surface area contributed by atoms with Crippen LogP contribution in [0, 0.1) is 5.92 Å². The van der Waals surface area contributed by atoms with Gasteiger partial charge in [-0.3, -0.25) is 4.90 Å². The van der Waals surface area contributed by atoms with Gasteiger partial charge in [0.2, 0.25) is 0 Å². The number of halogens is 2. The maximum Gasteiger partial charge on any atom is 0.126 e. The zero-order chi connectivity index (χ0) is 16.7. The summed E-state index contributed by atoms with van der Waals surface area (Å²) in [7, 11) is 0. The quantitative estimate of drug-likeness (QED) is 0.837. The number of hydrogen-bond acceptors (Lipinski definition) is 3. The second-order valence-corrected chi connectivity index (χ2v) is 7.66. The van der Waals surface area contributed by atoms with Crippen molar-refractivity contribution < 1.29 is 0 Å². The molecule has 5 heteroatoms.